The smallest absolute Gasteiger partial charge is 0.336 e. The molecule has 1 fully saturated rings. The number of amides is 1. The molecule has 0 aliphatic carbocycles. The highest BCUT2D eigenvalue weighted by atomic mass is 16.4. The minimum absolute atomic E-state index is 0.103. The number of aromatic nitrogens is 1. The summed E-state index contributed by atoms with van der Waals surface area (Å²) in [4.78, 5) is 25.6. The van der Waals surface area contributed by atoms with Gasteiger partial charge in [-0.2, -0.15) is 0 Å². The number of carboxylic acids is 1. The van der Waals surface area contributed by atoms with Crippen LogP contribution in [-0.4, -0.2) is 39.5 Å². The summed E-state index contributed by atoms with van der Waals surface area (Å²) in [7, 11) is 0. The molecule has 0 saturated carbocycles. The van der Waals surface area contributed by atoms with E-state index in [1.54, 1.807) is 24.4 Å². The van der Waals surface area contributed by atoms with Gasteiger partial charge in [0.1, 0.15) is 6.04 Å². The number of nitrogens with zero attached hydrogens (tertiary/aromatic N) is 2. The fraction of sp³-hybridized carbons (Fsp3) is 0.375. The molecule has 1 amide bonds. The highest BCUT2D eigenvalue weighted by molar-refractivity contribution is 6.03. The van der Waals surface area contributed by atoms with Gasteiger partial charge in [-0.05, 0) is 38.0 Å². The van der Waals surface area contributed by atoms with Crippen LogP contribution in [0.2, 0.25) is 0 Å². The minimum Gasteiger partial charge on any atom is -0.478 e. The van der Waals surface area contributed by atoms with E-state index < -0.39 is 5.97 Å². The van der Waals surface area contributed by atoms with Crippen molar-refractivity contribution in [3.05, 3.63) is 36.0 Å². The third-order valence-electron chi connectivity index (χ3n) is 4.19. The van der Waals surface area contributed by atoms with Crippen LogP contribution in [0.5, 0.6) is 0 Å². The molecule has 0 radical (unpaired) electrons. The lowest BCUT2D eigenvalue weighted by molar-refractivity contribution is -0.133. The lowest BCUT2D eigenvalue weighted by Crippen LogP contribution is -2.33. The average molecular weight is 286 g/mol. The molecule has 21 heavy (non-hydrogen) atoms. The van der Waals surface area contributed by atoms with Crippen molar-refractivity contribution in [2.45, 2.75) is 25.8 Å². The first-order chi connectivity index (χ1) is 10.1. The summed E-state index contributed by atoms with van der Waals surface area (Å²) in [5.41, 5.74) is 1.06. The van der Waals surface area contributed by atoms with Gasteiger partial charge in [0.05, 0.1) is 5.56 Å². The zero-order valence-electron chi connectivity index (χ0n) is 12.0. The van der Waals surface area contributed by atoms with Gasteiger partial charge >= 0.3 is 5.97 Å². The molecular formula is C16H18N2O3. The number of carbonyl (C=O) groups excluding carboxylic acids is 1. The normalized spacial score (nSPS) is 16.3. The quantitative estimate of drug-likeness (QED) is 0.943. The molecule has 0 spiro atoms. The summed E-state index contributed by atoms with van der Waals surface area (Å²) in [6.07, 6.45) is 3.93. The molecule has 1 aromatic carbocycles. The molecule has 1 aromatic heterocycles. The average Bonchev–Trinajstić information content (AvgIpc) is 3.14. The number of aromatic carboxylic acids is 1. The molecule has 2 aromatic rings. The van der Waals surface area contributed by atoms with E-state index in [1.807, 2.05) is 22.5 Å². The second kappa shape index (κ2) is 5.24. The van der Waals surface area contributed by atoms with Gasteiger partial charge in [-0.3, -0.25) is 4.79 Å². The van der Waals surface area contributed by atoms with Crippen molar-refractivity contribution in [2.24, 2.45) is 0 Å². The molecule has 5 heteroatoms. The molecule has 1 N–H and O–H groups in total. The van der Waals surface area contributed by atoms with Gasteiger partial charge in [-0.25, -0.2) is 4.79 Å². The molecule has 1 atom stereocenters. The lowest BCUT2D eigenvalue weighted by atomic mass is 10.1. The first-order valence-corrected chi connectivity index (χ1v) is 7.21. The first kappa shape index (κ1) is 13.7. The minimum atomic E-state index is -0.947. The van der Waals surface area contributed by atoms with Crippen LogP contribution in [0.3, 0.4) is 0 Å². The molecule has 110 valence electrons. The van der Waals surface area contributed by atoms with Crippen molar-refractivity contribution in [2.75, 3.05) is 13.1 Å². The highest BCUT2D eigenvalue weighted by Crippen LogP contribution is 2.25. The number of benzene rings is 1. The van der Waals surface area contributed by atoms with Crippen LogP contribution >= 0.6 is 0 Å². The Bertz CT molecular complexity index is 699. The number of likely N-dealkylation sites (tertiary alicyclic amines) is 1. The summed E-state index contributed by atoms with van der Waals surface area (Å²) in [6.45, 7) is 3.51. The van der Waals surface area contributed by atoms with E-state index in [2.05, 4.69) is 0 Å². The molecule has 2 heterocycles. The molecule has 1 aliphatic heterocycles. The van der Waals surface area contributed by atoms with E-state index in [0.717, 1.165) is 31.4 Å². The van der Waals surface area contributed by atoms with Gasteiger partial charge in [0.15, 0.2) is 0 Å². The molecule has 1 saturated heterocycles. The Morgan fingerprint density at radius 2 is 1.90 bits per heavy atom. The Morgan fingerprint density at radius 1 is 1.19 bits per heavy atom. The van der Waals surface area contributed by atoms with Crippen molar-refractivity contribution in [3.8, 4) is 0 Å². The largest absolute Gasteiger partial charge is 0.478 e. The summed E-state index contributed by atoms with van der Waals surface area (Å²) in [6, 6.07) is 6.61. The van der Waals surface area contributed by atoms with E-state index >= 15 is 0 Å². The Morgan fingerprint density at radius 3 is 2.57 bits per heavy atom. The predicted molar refractivity (Wildman–Crippen MR) is 79.4 cm³/mol. The van der Waals surface area contributed by atoms with Gasteiger partial charge in [-0.1, -0.05) is 6.07 Å². The number of carbonyl (C=O) groups is 2. The van der Waals surface area contributed by atoms with Crippen molar-refractivity contribution >= 4 is 22.8 Å². The third-order valence-corrected chi connectivity index (χ3v) is 4.19. The Labute approximate surface area is 122 Å². The Balaban J connectivity index is 1.99. The van der Waals surface area contributed by atoms with E-state index in [4.69, 9.17) is 0 Å². The summed E-state index contributed by atoms with van der Waals surface area (Å²) >= 11 is 0. The zero-order chi connectivity index (χ0) is 15.0. The van der Waals surface area contributed by atoms with Crippen LogP contribution < -0.4 is 0 Å². The van der Waals surface area contributed by atoms with Gasteiger partial charge < -0.3 is 14.6 Å². The van der Waals surface area contributed by atoms with E-state index in [-0.39, 0.29) is 17.5 Å². The molecular weight excluding hydrogens is 268 g/mol. The molecule has 1 aliphatic rings. The first-order valence-electron chi connectivity index (χ1n) is 7.21. The summed E-state index contributed by atoms with van der Waals surface area (Å²) < 4.78 is 1.86. The van der Waals surface area contributed by atoms with Crippen molar-refractivity contribution in [1.29, 1.82) is 0 Å². The zero-order valence-corrected chi connectivity index (χ0v) is 12.0. The van der Waals surface area contributed by atoms with E-state index in [0.29, 0.717) is 5.39 Å². The van der Waals surface area contributed by atoms with E-state index in [9.17, 15) is 14.7 Å². The fourth-order valence-electron chi connectivity index (χ4n) is 3.03. The molecule has 1 unspecified atom stereocenters. The van der Waals surface area contributed by atoms with Crippen molar-refractivity contribution < 1.29 is 14.7 Å². The van der Waals surface area contributed by atoms with Crippen LogP contribution in [0.1, 0.15) is 36.2 Å². The van der Waals surface area contributed by atoms with Gasteiger partial charge in [0.25, 0.3) is 0 Å². The number of hydrogen-bond donors (Lipinski definition) is 1. The number of fused-ring (bicyclic) bond motifs is 1. The van der Waals surface area contributed by atoms with Gasteiger partial charge in [-0.15, -0.1) is 0 Å². The monoisotopic (exact) mass is 286 g/mol. The van der Waals surface area contributed by atoms with Gasteiger partial charge in [0.2, 0.25) is 5.91 Å². The van der Waals surface area contributed by atoms with Crippen molar-refractivity contribution in [3.63, 3.8) is 0 Å². The van der Waals surface area contributed by atoms with E-state index in [1.165, 1.54) is 0 Å². The summed E-state index contributed by atoms with van der Waals surface area (Å²) in [5, 5.41) is 9.90. The van der Waals surface area contributed by atoms with Crippen molar-refractivity contribution in [1.82, 2.24) is 9.47 Å². The molecule has 3 rings (SSSR count). The van der Waals surface area contributed by atoms with Crippen LogP contribution in [0.25, 0.3) is 10.9 Å². The standard InChI is InChI=1S/C16H18N2O3/c1-11(15(19)17-8-2-3-9-17)18-10-7-12-13(16(20)21)5-4-6-14(12)18/h4-7,10-11H,2-3,8-9H2,1H3,(H,20,21). The van der Waals surface area contributed by atoms with Crippen LogP contribution in [0.15, 0.2) is 30.5 Å². The maximum Gasteiger partial charge on any atom is 0.336 e. The van der Waals surface area contributed by atoms with Crippen LogP contribution in [-0.2, 0) is 4.79 Å². The van der Waals surface area contributed by atoms with Gasteiger partial charge in [0, 0.05) is 30.2 Å². The van der Waals surface area contributed by atoms with Crippen LogP contribution in [0, 0.1) is 0 Å². The SMILES string of the molecule is CC(C(=O)N1CCCC1)n1ccc2c(C(=O)O)cccc21. The maximum absolute atomic E-state index is 12.5. The summed E-state index contributed by atoms with van der Waals surface area (Å²) in [5.74, 6) is -0.845. The third kappa shape index (κ3) is 2.28. The Hall–Kier alpha value is -2.30. The Kier molecular flexibility index (Phi) is 3.41. The molecule has 0 bridgehead atoms. The number of rotatable bonds is 3. The fourth-order valence-corrected chi connectivity index (χ4v) is 3.03. The maximum atomic E-state index is 12.5. The second-order valence-electron chi connectivity index (χ2n) is 5.47. The molecule has 5 nitrogen and oxygen atoms in total. The number of carboxylic acid groups (broad SMARTS) is 1. The second-order valence-corrected chi connectivity index (χ2v) is 5.47. The lowest BCUT2D eigenvalue weighted by Gasteiger charge is -2.22. The topological polar surface area (TPSA) is 62.5 Å². The predicted octanol–water partition coefficient (Wildman–Crippen LogP) is 2.52. The number of hydrogen-bond acceptors (Lipinski definition) is 2. The highest BCUT2D eigenvalue weighted by Gasteiger charge is 2.25. The van der Waals surface area contributed by atoms with Crippen LogP contribution in [0.4, 0.5) is 0 Å².